The summed E-state index contributed by atoms with van der Waals surface area (Å²) in [6.45, 7) is 15.6. The quantitative estimate of drug-likeness (QED) is 0.772. The molecule has 1 fully saturated rings. The molecule has 8 nitrogen and oxygen atoms in total. The molecule has 0 aliphatic carbocycles. The molecule has 2 heterocycles. The van der Waals surface area contributed by atoms with Crippen LogP contribution < -0.4 is 10.2 Å². The maximum absolute atomic E-state index is 12.5. The second-order valence-electron chi connectivity index (χ2n) is 9.19. The Hall–Kier alpha value is -2.22. The van der Waals surface area contributed by atoms with Crippen molar-refractivity contribution in [3.05, 3.63) is 17.6 Å². The van der Waals surface area contributed by atoms with Crippen molar-refractivity contribution in [1.29, 1.82) is 0 Å². The van der Waals surface area contributed by atoms with Gasteiger partial charge in [0, 0.05) is 56.4 Å². The van der Waals surface area contributed by atoms with E-state index in [4.69, 9.17) is 4.98 Å². The van der Waals surface area contributed by atoms with Crippen LogP contribution >= 0.6 is 0 Å². The van der Waals surface area contributed by atoms with Crippen LogP contribution in [-0.4, -0.2) is 83.4 Å². The molecule has 2 rings (SSSR count). The molecule has 1 aliphatic heterocycles. The number of amides is 2. The van der Waals surface area contributed by atoms with Gasteiger partial charge >= 0.3 is 0 Å². The van der Waals surface area contributed by atoms with E-state index in [1.165, 1.54) is 4.90 Å². The molecule has 2 amide bonds. The zero-order chi connectivity index (χ0) is 21.8. The van der Waals surface area contributed by atoms with Crippen molar-refractivity contribution in [2.75, 3.05) is 51.2 Å². The van der Waals surface area contributed by atoms with Crippen LogP contribution in [0, 0.1) is 6.92 Å². The Morgan fingerprint density at radius 3 is 2.34 bits per heavy atom. The summed E-state index contributed by atoms with van der Waals surface area (Å²) in [6, 6.07) is 2.02. The highest BCUT2D eigenvalue weighted by Gasteiger charge is 2.23. The zero-order valence-electron chi connectivity index (χ0n) is 18.9. The molecule has 0 saturated carbocycles. The molecule has 1 aromatic heterocycles. The minimum absolute atomic E-state index is 0.0394. The molecule has 0 spiro atoms. The van der Waals surface area contributed by atoms with Crippen molar-refractivity contribution in [2.24, 2.45) is 0 Å². The first-order valence-electron chi connectivity index (χ1n) is 10.3. The number of rotatable bonds is 6. The average molecular weight is 405 g/mol. The lowest BCUT2D eigenvalue weighted by atomic mass is 10.1. The summed E-state index contributed by atoms with van der Waals surface area (Å²) in [5, 5.41) is 2.88. The minimum atomic E-state index is -0.300. The number of piperazine rings is 1. The van der Waals surface area contributed by atoms with Crippen molar-refractivity contribution >= 4 is 17.6 Å². The van der Waals surface area contributed by atoms with E-state index in [0.29, 0.717) is 12.5 Å². The number of carbonyl (C=O) groups excluding carboxylic acids is 2. The Morgan fingerprint density at radius 2 is 1.79 bits per heavy atom. The molecule has 162 valence electrons. The SMILES string of the molecule is Cc1cc(N2CCN(CC(=O)N(C)CC(=O)NC(C)(C)C)CC2)nc(C(C)C)n1. The van der Waals surface area contributed by atoms with Crippen molar-refractivity contribution in [1.82, 2.24) is 25.1 Å². The third-order valence-corrected chi connectivity index (χ3v) is 4.75. The van der Waals surface area contributed by atoms with Gasteiger partial charge in [0.1, 0.15) is 11.6 Å². The summed E-state index contributed by atoms with van der Waals surface area (Å²) in [5.41, 5.74) is 0.679. The highest BCUT2D eigenvalue weighted by atomic mass is 16.2. The molecule has 29 heavy (non-hydrogen) atoms. The predicted octanol–water partition coefficient (Wildman–Crippen LogP) is 1.40. The van der Waals surface area contributed by atoms with Crippen LogP contribution in [0.3, 0.4) is 0 Å². The largest absolute Gasteiger partial charge is 0.354 e. The van der Waals surface area contributed by atoms with Gasteiger partial charge in [-0.2, -0.15) is 0 Å². The highest BCUT2D eigenvalue weighted by Crippen LogP contribution is 2.18. The summed E-state index contributed by atoms with van der Waals surface area (Å²) in [5.74, 6) is 1.94. The number of likely N-dealkylation sites (N-methyl/N-ethyl adjacent to an activating group) is 1. The van der Waals surface area contributed by atoms with Gasteiger partial charge in [0.15, 0.2) is 0 Å². The van der Waals surface area contributed by atoms with E-state index in [9.17, 15) is 9.59 Å². The van der Waals surface area contributed by atoms with Crippen LogP contribution in [0.5, 0.6) is 0 Å². The maximum Gasteiger partial charge on any atom is 0.240 e. The lowest BCUT2D eigenvalue weighted by Gasteiger charge is -2.36. The molecule has 0 aromatic carbocycles. The van der Waals surface area contributed by atoms with Crippen molar-refractivity contribution in [3.63, 3.8) is 0 Å². The minimum Gasteiger partial charge on any atom is -0.354 e. The topological polar surface area (TPSA) is 81.7 Å². The van der Waals surface area contributed by atoms with Crippen molar-refractivity contribution < 1.29 is 9.59 Å². The van der Waals surface area contributed by atoms with E-state index in [0.717, 1.165) is 43.5 Å². The van der Waals surface area contributed by atoms with E-state index >= 15 is 0 Å². The van der Waals surface area contributed by atoms with Crippen molar-refractivity contribution in [3.8, 4) is 0 Å². The Morgan fingerprint density at radius 1 is 1.17 bits per heavy atom. The first-order chi connectivity index (χ1) is 13.4. The fourth-order valence-electron chi connectivity index (χ4n) is 3.20. The molecule has 1 saturated heterocycles. The third-order valence-electron chi connectivity index (χ3n) is 4.75. The molecule has 1 aromatic rings. The molecular formula is C21H36N6O2. The highest BCUT2D eigenvalue weighted by molar-refractivity contribution is 5.85. The summed E-state index contributed by atoms with van der Waals surface area (Å²) in [6.07, 6.45) is 0. The second-order valence-corrected chi connectivity index (χ2v) is 9.19. The molecule has 0 radical (unpaired) electrons. The molecule has 1 aliphatic rings. The molecule has 1 N–H and O–H groups in total. The number of anilines is 1. The van der Waals surface area contributed by atoms with Gasteiger partial charge in [-0.1, -0.05) is 13.8 Å². The number of hydrogen-bond acceptors (Lipinski definition) is 6. The number of aromatic nitrogens is 2. The third kappa shape index (κ3) is 7.27. The van der Waals surface area contributed by atoms with Gasteiger partial charge in [-0.3, -0.25) is 14.5 Å². The van der Waals surface area contributed by atoms with E-state index in [-0.39, 0.29) is 23.9 Å². The monoisotopic (exact) mass is 404 g/mol. The molecule has 0 atom stereocenters. The van der Waals surface area contributed by atoms with Gasteiger partial charge in [0.05, 0.1) is 13.1 Å². The Bertz CT molecular complexity index is 720. The number of hydrogen-bond donors (Lipinski definition) is 1. The Balaban J connectivity index is 1.85. The van der Waals surface area contributed by atoms with Gasteiger partial charge in [-0.15, -0.1) is 0 Å². The average Bonchev–Trinajstić information content (AvgIpc) is 2.60. The van der Waals surface area contributed by atoms with Gasteiger partial charge in [-0.25, -0.2) is 9.97 Å². The van der Waals surface area contributed by atoms with Crippen LogP contribution in [0.25, 0.3) is 0 Å². The first-order valence-corrected chi connectivity index (χ1v) is 10.3. The first kappa shape index (κ1) is 23.1. The lowest BCUT2D eigenvalue weighted by molar-refractivity contribution is -0.136. The number of aryl methyl sites for hydroxylation is 1. The smallest absolute Gasteiger partial charge is 0.240 e. The fourth-order valence-corrected chi connectivity index (χ4v) is 3.20. The van der Waals surface area contributed by atoms with E-state index in [1.807, 2.05) is 33.8 Å². The fraction of sp³-hybridized carbons (Fsp3) is 0.714. The Labute approximate surface area is 174 Å². The molecule has 8 heteroatoms. The maximum atomic E-state index is 12.5. The standard InChI is InChI=1S/C21H36N6O2/c1-15(2)20-22-16(3)12-17(23-20)27-10-8-26(9-11-27)14-19(29)25(7)13-18(28)24-21(4,5)6/h12,15H,8-11,13-14H2,1-7H3,(H,24,28). The van der Waals surface area contributed by atoms with Crippen LogP contribution in [0.4, 0.5) is 5.82 Å². The van der Waals surface area contributed by atoms with Crippen LogP contribution in [0.15, 0.2) is 6.07 Å². The van der Waals surface area contributed by atoms with E-state index in [2.05, 4.69) is 33.9 Å². The predicted molar refractivity (Wildman–Crippen MR) is 115 cm³/mol. The van der Waals surface area contributed by atoms with Gasteiger partial charge in [0.25, 0.3) is 0 Å². The second kappa shape index (κ2) is 9.52. The summed E-state index contributed by atoms with van der Waals surface area (Å²) in [4.78, 5) is 39.6. The lowest BCUT2D eigenvalue weighted by Crippen LogP contribution is -2.51. The number of carbonyl (C=O) groups is 2. The zero-order valence-corrected chi connectivity index (χ0v) is 18.9. The Kier molecular flexibility index (Phi) is 7.57. The van der Waals surface area contributed by atoms with Crippen LogP contribution in [0.1, 0.15) is 52.1 Å². The van der Waals surface area contributed by atoms with Crippen molar-refractivity contribution in [2.45, 2.75) is 53.0 Å². The van der Waals surface area contributed by atoms with E-state index < -0.39 is 0 Å². The van der Waals surface area contributed by atoms with Gasteiger partial charge in [-0.05, 0) is 27.7 Å². The molecular weight excluding hydrogens is 368 g/mol. The molecule has 0 unspecified atom stereocenters. The van der Waals surface area contributed by atoms with Crippen LogP contribution in [0.2, 0.25) is 0 Å². The van der Waals surface area contributed by atoms with E-state index in [1.54, 1.807) is 7.05 Å². The van der Waals surface area contributed by atoms with Crippen LogP contribution in [-0.2, 0) is 9.59 Å². The summed E-state index contributed by atoms with van der Waals surface area (Å²) in [7, 11) is 1.68. The summed E-state index contributed by atoms with van der Waals surface area (Å²) >= 11 is 0. The normalized spacial score (nSPS) is 15.5. The van der Waals surface area contributed by atoms with Gasteiger partial charge in [0.2, 0.25) is 11.8 Å². The summed E-state index contributed by atoms with van der Waals surface area (Å²) < 4.78 is 0. The number of nitrogens with zero attached hydrogens (tertiary/aromatic N) is 5. The number of nitrogens with one attached hydrogen (secondary N) is 1. The van der Waals surface area contributed by atoms with Gasteiger partial charge < -0.3 is 15.1 Å². The molecule has 0 bridgehead atoms.